The zero-order chi connectivity index (χ0) is 16.7. The van der Waals surface area contributed by atoms with Crippen LogP contribution in [0.1, 0.15) is 28.4 Å². The summed E-state index contributed by atoms with van der Waals surface area (Å²) in [5.41, 5.74) is 3.42. The largest absolute Gasteiger partial charge is 0.497 e. The van der Waals surface area contributed by atoms with Crippen LogP contribution in [0, 0.1) is 0 Å². The van der Waals surface area contributed by atoms with Gasteiger partial charge in [0.15, 0.2) is 6.29 Å². The summed E-state index contributed by atoms with van der Waals surface area (Å²) in [5, 5.41) is 3.37. The van der Waals surface area contributed by atoms with Crippen molar-refractivity contribution in [3.63, 3.8) is 0 Å². The van der Waals surface area contributed by atoms with E-state index in [4.69, 9.17) is 9.47 Å². The van der Waals surface area contributed by atoms with Gasteiger partial charge in [0.1, 0.15) is 11.5 Å². The first-order valence-corrected chi connectivity index (χ1v) is 7.39. The van der Waals surface area contributed by atoms with E-state index in [1.807, 2.05) is 49.4 Å². The van der Waals surface area contributed by atoms with Gasteiger partial charge in [0.05, 0.1) is 14.2 Å². The van der Waals surface area contributed by atoms with Crippen molar-refractivity contribution in [3.05, 3.63) is 59.2 Å². The third-order valence-corrected chi connectivity index (χ3v) is 3.56. The van der Waals surface area contributed by atoms with Crippen LogP contribution in [0.25, 0.3) is 6.08 Å². The van der Waals surface area contributed by atoms with Crippen molar-refractivity contribution in [3.8, 4) is 11.5 Å². The summed E-state index contributed by atoms with van der Waals surface area (Å²) < 4.78 is 10.7. The third-order valence-electron chi connectivity index (χ3n) is 3.56. The minimum Gasteiger partial charge on any atom is -0.497 e. The van der Waals surface area contributed by atoms with Crippen LogP contribution in [0.4, 0.5) is 5.69 Å². The Morgan fingerprint density at radius 2 is 1.96 bits per heavy atom. The first-order valence-electron chi connectivity index (χ1n) is 7.39. The van der Waals surface area contributed by atoms with Gasteiger partial charge in [-0.1, -0.05) is 24.3 Å². The molecule has 1 N–H and O–H groups in total. The number of nitrogens with one attached hydrogen (secondary N) is 1. The highest BCUT2D eigenvalue weighted by molar-refractivity contribution is 5.86. The average molecular weight is 311 g/mol. The number of hydrogen-bond acceptors (Lipinski definition) is 4. The van der Waals surface area contributed by atoms with Crippen LogP contribution in [-0.4, -0.2) is 20.5 Å². The molecule has 0 aliphatic carbocycles. The van der Waals surface area contributed by atoms with Gasteiger partial charge >= 0.3 is 0 Å². The lowest BCUT2D eigenvalue weighted by Crippen LogP contribution is -2.04. The number of hydrogen-bond donors (Lipinski definition) is 1. The number of benzene rings is 2. The molecule has 0 bridgehead atoms. The number of methoxy groups -OCH3 is 2. The summed E-state index contributed by atoms with van der Waals surface area (Å²) in [7, 11) is 3.28. The Balaban J connectivity index is 2.29. The fraction of sp³-hybridized carbons (Fsp3) is 0.211. The van der Waals surface area contributed by atoms with Crippen LogP contribution in [-0.2, 0) is 6.54 Å². The highest BCUT2D eigenvalue weighted by Crippen LogP contribution is 2.26. The SMILES string of the molecule is C/C=C\c1c(C=O)cccc1NCc1cc(OC)ccc1OC. The van der Waals surface area contributed by atoms with E-state index in [2.05, 4.69) is 5.32 Å². The van der Waals surface area contributed by atoms with Crippen molar-refractivity contribution < 1.29 is 14.3 Å². The van der Waals surface area contributed by atoms with Gasteiger partial charge in [-0.3, -0.25) is 4.79 Å². The molecule has 0 radical (unpaired) electrons. The second kappa shape index (κ2) is 8.03. The molecular weight excluding hydrogens is 290 g/mol. The van der Waals surface area contributed by atoms with Crippen molar-refractivity contribution in [1.29, 1.82) is 0 Å². The van der Waals surface area contributed by atoms with Gasteiger partial charge in [0.2, 0.25) is 0 Å². The van der Waals surface area contributed by atoms with E-state index in [-0.39, 0.29) is 0 Å². The van der Waals surface area contributed by atoms with Crippen molar-refractivity contribution in [2.24, 2.45) is 0 Å². The average Bonchev–Trinajstić information content (AvgIpc) is 2.60. The Labute approximate surface area is 136 Å². The molecule has 0 saturated heterocycles. The highest BCUT2D eigenvalue weighted by Gasteiger charge is 2.08. The van der Waals surface area contributed by atoms with Gasteiger partial charge in [0, 0.05) is 28.9 Å². The van der Waals surface area contributed by atoms with Crippen LogP contribution in [0.2, 0.25) is 0 Å². The Bertz CT molecular complexity index is 708. The molecule has 0 heterocycles. The normalized spacial score (nSPS) is 10.6. The summed E-state index contributed by atoms with van der Waals surface area (Å²) in [6.07, 6.45) is 4.71. The topological polar surface area (TPSA) is 47.6 Å². The minimum atomic E-state index is 0.563. The number of carbonyl (C=O) groups is 1. The Morgan fingerprint density at radius 3 is 2.61 bits per heavy atom. The van der Waals surface area contributed by atoms with Crippen molar-refractivity contribution in [2.75, 3.05) is 19.5 Å². The van der Waals surface area contributed by atoms with Crippen LogP contribution < -0.4 is 14.8 Å². The molecule has 0 spiro atoms. The predicted molar refractivity (Wildman–Crippen MR) is 93.4 cm³/mol. The van der Waals surface area contributed by atoms with Gasteiger partial charge in [-0.25, -0.2) is 0 Å². The minimum absolute atomic E-state index is 0.563. The van der Waals surface area contributed by atoms with Crippen LogP contribution in [0.3, 0.4) is 0 Å². The van der Waals surface area contributed by atoms with Crippen molar-refractivity contribution in [2.45, 2.75) is 13.5 Å². The first-order chi connectivity index (χ1) is 11.2. The van der Waals surface area contributed by atoms with E-state index in [1.54, 1.807) is 20.3 Å². The number of anilines is 1. The number of aldehydes is 1. The van der Waals surface area contributed by atoms with Crippen molar-refractivity contribution >= 4 is 18.0 Å². The lowest BCUT2D eigenvalue weighted by atomic mass is 10.1. The predicted octanol–water partition coefficient (Wildman–Crippen LogP) is 4.16. The molecule has 0 atom stereocenters. The monoisotopic (exact) mass is 311 g/mol. The summed E-state index contributed by atoms with van der Waals surface area (Å²) in [6, 6.07) is 11.3. The first kappa shape index (κ1) is 16.6. The van der Waals surface area contributed by atoms with E-state index in [0.29, 0.717) is 12.1 Å². The quantitative estimate of drug-likeness (QED) is 0.780. The molecule has 4 heteroatoms. The smallest absolute Gasteiger partial charge is 0.150 e. The molecule has 0 aliphatic heterocycles. The van der Waals surface area contributed by atoms with Gasteiger partial charge in [-0.2, -0.15) is 0 Å². The second-order valence-electron chi connectivity index (χ2n) is 4.96. The Kier molecular flexibility index (Phi) is 5.80. The molecule has 2 aromatic rings. The van der Waals surface area contributed by atoms with Crippen molar-refractivity contribution in [1.82, 2.24) is 0 Å². The molecule has 0 saturated carbocycles. The highest BCUT2D eigenvalue weighted by atomic mass is 16.5. The lowest BCUT2D eigenvalue weighted by molar-refractivity contribution is 0.112. The standard InChI is InChI=1S/C19H21NO3/c1-4-6-17-14(13-21)7-5-8-18(17)20-12-15-11-16(22-2)9-10-19(15)23-3/h4-11,13,20H,12H2,1-3H3/b6-4-. The Hall–Kier alpha value is -2.75. The number of allylic oxidation sites excluding steroid dienone is 1. The molecular formula is C19H21NO3. The number of carbonyl (C=O) groups excluding carboxylic acids is 1. The van der Waals surface area contributed by atoms with Crippen LogP contribution in [0.15, 0.2) is 42.5 Å². The van der Waals surface area contributed by atoms with Gasteiger partial charge in [-0.05, 0) is 31.2 Å². The Morgan fingerprint density at radius 1 is 1.13 bits per heavy atom. The zero-order valence-electron chi connectivity index (χ0n) is 13.6. The molecule has 2 rings (SSSR count). The number of ether oxygens (including phenoxy) is 2. The fourth-order valence-corrected chi connectivity index (χ4v) is 2.40. The molecule has 2 aromatic carbocycles. The second-order valence-corrected chi connectivity index (χ2v) is 4.96. The molecule has 0 aliphatic rings. The van der Waals surface area contributed by atoms with Crippen LogP contribution in [0.5, 0.6) is 11.5 Å². The summed E-state index contributed by atoms with van der Waals surface area (Å²) in [6.45, 7) is 2.49. The maximum Gasteiger partial charge on any atom is 0.150 e. The fourth-order valence-electron chi connectivity index (χ4n) is 2.40. The van der Waals surface area contributed by atoms with Crippen LogP contribution >= 0.6 is 0 Å². The van der Waals surface area contributed by atoms with E-state index in [0.717, 1.165) is 34.6 Å². The van der Waals surface area contributed by atoms with E-state index in [9.17, 15) is 4.79 Å². The third kappa shape index (κ3) is 3.92. The summed E-state index contributed by atoms with van der Waals surface area (Å²) >= 11 is 0. The molecule has 4 nitrogen and oxygen atoms in total. The molecule has 120 valence electrons. The summed E-state index contributed by atoms with van der Waals surface area (Å²) in [4.78, 5) is 11.2. The molecule has 0 aromatic heterocycles. The number of rotatable bonds is 7. The molecule has 0 unspecified atom stereocenters. The zero-order valence-corrected chi connectivity index (χ0v) is 13.6. The maximum atomic E-state index is 11.2. The molecule has 23 heavy (non-hydrogen) atoms. The molecule has 0 fully saturated rings. The lowest BCUT2D eigenvalue weighted by Gasteiger charge is -2.14. The summed E-state index contributed by atoms with van der Waals surface area (Å²) in [5.74, 6) is 1.57. The maximum absolute atomic E-state index is 11.2. The van der Waals surface area contributed by atoms with E-state index in [1.165, 1.54) is 0 Å². The van der Waals surface area contributed by atoms with Gasteiger partial charge in [-0.15, -0.1) is 0 Å². The van der Waals surface area contributed by atoms with E-state index < -0.39 is 0 Å². The molecule has 0 amide bonds. The van der Waals surface area contributed by atoms with Gasteiger partial charge < -0.3 is 14.8 Å². The van der Waals surface area contributed by atoms with Gasteiger partial charge in [0.25, 0.3) is 0 Å². The van der Waals surface area contributed by atoms with E-state index >= 15 is 0 Å².